The number of hydrogen-bond acceptors (Lipinski definition) is 2. The van der Waals surface area contributed by atoms with E-state index in [-0.39, 0.29) is 17.7 Å². The molecule has 4 heteroatoms. The zero-order valence-corrected chi connectivity index (χ0v) is 11.0. The molecule has 0 radical (unpaired) electrons. The van der Waals surface area contributed by atoms with E-state index in [1.54, 1.807) is 12.3 Å². The van der Waals surface area contributed by atoms with Gasteiger partial charge in [0, 0.05) is 17.8 Å². The van der Waals surface area contributed by atoms with Gasteiger partial charge in [-0.05, 0) is 44.6 Å². The van der Waals surface area contributed by atoms with E-state index in [1.165, 1.54) is 19.8 Å². The fourth-order valence-electron chi connectivity index (χ4n) is 2.40. The number of H-pyrrole nitrogens is 1. The van der Waals surface area contributed by atoms with Gasteiger partial charge in [-0.3, -0.25) is 9.59 Å². The summed E-state index contributed by atoms with van der Waals surface area (Å²) in [5.41, 5.74) is 1.02. The molecule has 4 nitrogen and oxygen atoms in total. The molecule has 0 bridgehead atoms. The fourth-order valence-corrected chi connectivity index (χ4v) is 2.40. The first-order valence-corrected chi connectivity index (χ1v) is 6.56. The third kappa shape index (κ3) is 3.00. The predicted octanol–water partition coefficient (Wildman–Crippen LogP) is 2.53. The molecule has 1 saturated carbocycles. The summed E-state index contributed by atoms with van der Waals surface area (Å²) in [6.07, 6.45) is 6.03. The lowest BCUT2D eigenvalue weighted by atomic mass is 9.87. The van der Waals surface area contributed by atoms with Gasteiger partial charge in [-0.25, -0.2) is 0 Å². The summed E-state index contributed by atoms with van der Waals surface area (Å²) in [5, 5.41) is 3.03. The molecular formula is C14H20N2O2. The van der Waals surface area contributed by atoms with Crippen LogP contribution in [-0.2, 0) is 0 Å². The van der Waals surface area contributed by atoms with E-state index in [0.717, 1.165) is 18.8 Å². The molecule has 0 saturated heterocycles. The summed E-state index contributed by atoms with van der Waals surface area (Å²) in [7, 11) is 0. The highest BCUT2D eigenvalue weighted by Crippen LogP contribution is 2.23. The Labute approximate surface area is 107 Å². The van der Waals surface area contributed by atoms with Gasteiger partial charge in [0.1, 0.15) is 5.69 Å². The lowest BCUT2D eigenvalue weighted by molar-refractivity contribution is 0.0918. The molecule has 0 unspecified atom stereocenters. The normalized spacial score (nSPS) is 23.7. The summed E-state index contributed by atoms with van der Waals surface area (Å²) in [6.45, 7) is 3.75. The maximum absolute atomic E-state index is 12.0. The van der Waals surface area contributed by atoms with Crippen LogP contribution >= 0.6 is 0 Å². The molecule has 0 aliphatic heterocycles. The van der Waals surface area contributed by atoms with Crippen LogP contribution < -0.4 is 5.32 Å². The molecule has 1 aromatic rings. The average Bonchev–Trinajstić information content (AvgIpc) is 2.81. The summed E-state index contributed by atoms with van der Waals surface area (Å²) in [5.74, 6) is 0.631. The van der Waals surface area contributed by atoms with E-state index in [1.807, 2.05) is 0 Å². The topological polar surface area (TPSA) is 62.0 Å². The second-order valence-corrected chi connectivity index (χ2v) is 5.29. The second kappa shape index (κ2) is 5.38. The molecule has 1 heterocycles. The Bertz CT molecular complexity index is 442. The van der Waals surface area contributed by atoms with Crippen molar-refractivity contribution in [2.45, 2.75) is 45.6 Å². The third-order valence-corrected chi connectivity index (χ3v) is 3.69. The molecule has 1 fully saturated rings. The van der Waals surface area contributed by atoms with Crippen molar-refractivity contribution in [1.82, 2.24) is 10.3 Å². The minimum Gasteiger partial charge on any atom is -0.356 e. The van der Waals surface area contributed by atoms with Crippen LogP contribution in [0.3, 0.4) is 0 Å². The molecule has 98 valence electrons. The minimum absolute atomic E-state index is 0.0307. The van der Waals surface area contributed by atoms with E-state index in [2.05, 4.69) is 17.2 Å². The number of amides is 1. The first-order chi connectivity index (χ1) is 8.56. The van der Waals surface area contributed by atoms with E-state index in [9.17, 15) is 9.59 Å². The molecule has 1 aliphatic rings. The number of hydrogen-bond donors (Lipinski definition) is 2. The van der Waals surface area contributed by atoms with Crippen LogP contribution in [0.15, 0.2) is 12.3 Å². The number of rotatable bonds is 3. The van der Waals surface area contributed by atoms with Crippen molar-refractivity contribution in [3.05, 3.63) is 23.5 Å². The molecule has 0 atom stereocenters. The molecular weight excluding hydrogens is 228 g/mol. The Kier molecular flexibility index (Phi) is 3.84. The Morgan fingerprint density at radius 1 is 1.28 bits per heavy atom. The Morgan fingerprint density at radius 3 is 2.50 bits per heavy atom. The van der Waals surface area contributed by atoms with Crippen molar-refractivity contribution in [2.75, 3.05) is 0 Å². The number of nitrogens with one attached hydrogen (secondary N) is 2. The quantitative estimate of drug-likeness (QED) is 0.807. The monoisotopic (exact) mass is 248 g/mol. The van der Waals surface area contributed by atoms with Crippen molar-refractivity contribution < 1.29 is 9.59 Å². The van der Waals surface area contributed by atoms with Crippen LogP contribution in [0.2, 0.25) is 0 Å². The van der Waals surface area contributed by atoms with E-state index in [0.29, 0.717) is 11.3 Å². The van der Waals surface area contributed by atoms with Crippen LogP contribution in [0.25, 0.3) is 0 Å². The molecule has 1 amide bonds. The van der Waals surface area contributed by atoms with Gasteiger partial charge in [-0.15, -0.1) is 0 Å². The maximum atomic E-state index is 12.0. The minimum atomic E-state index is -0.109. The highest BCUT2D eigenvalue weighted by molar-refractivity contribution is 5.99. The van der Waals surface area contributed by atoms with E-state index in [4.69, 9.17) is 0 Å². The predicted molar refractivity (Wildman–Crippen MR) is 69.7 cm³/mol. The molecule has 1 aliphatic carbocycles. The Morgan fingerprint density at radius 2 is 1.94 bits per heavy atom. The van der Waals surface area contributed by atoms with Crippen molar-refractivity contribution in [3.63, 3.8) is 0 Å². The lowest BCUT2D eigenvalue weighted by Gasteiger charge is -2.26. The number of Topliss-reactive ketones (excluding diaryl/α,β-unsaturated/α-hetero) is 1. The number of aromatic amines is 1. The van der Waals surface area contributed by atoms with Crippen LogP contribution in [0.4, 0.5) is 0 Å². The van der Waals surface area contributed by atoms with E-state index >= 15 is 0 Å². The van der Waals surface area contributed by atoms with Crippen molar-refractivity contribution >= 4 is 11.7 Å². The van der Waals surface area contributed by atoms with Crippen molar-refractivity contribution in [3.8, 4) is 0 Å². The zero-order chi connectivity index (χ0) is 13.1. The summed E-state index contributed by atoms with van der Waals surface area (Å²) in [6, 6.07) is 1.89. The Balaban J connectivity index is 1.93. The molecule has 18 heavy (non-hydrogen) atoms. The van der Waals surface area contributed by atoms with Crippen LogP contribution in [0.5, 0.6) is 0 Å². The van der Waals surface area contributed by atoms with Gasteiger partial charge in [0.15, 0.2) is 5.78 Å². The number of carbonyl (C=O) groups excluding carboxylic acids is 2. The van der Waals surface area contributed by atoms with Crippen LogP contribution in [0.1, 0.15) is 60.4 Å². The Hall–Kier alpha value is -1.58. The first-order valence-electron chi connectivity index (χ1n) is 6.56. The fraction of sp³-hybridized carbons (Fsp3) is 0.571. The third-order valence-electron chi connectivity index (χ3n) is 3.69. The second-order valence-electron chi connectivity index (χ2n) is 5.29. The van der Waals surface area contributed by atoms with Gasteiger partial charge in [0.25, 0.3) is 5.91 Å². The first kappa shape index (κ1) is 12.9. The highest BCUT2D eigenvalue weighted by atomic mass is 16.2. The standard InChI is InChI=1S/C14H20N2O2/c1-9-3-5-12(6-4-9)16-14(18)13-7-11(8-15-13)10(2)17/h7-9,12,15H,3-6H2,1-2H3,(H,16,18). The zero-order valence-electron chi connectivity index (χ0n) is 11.0. The van der Waals surface area contributed by atoms with Crippen molar-refractivity contribution in [2.24, 2.45) is 5.92 Å². The van der Waals surface area contributed by atoms with Crippen LogP contribution in [0, 0.1) is 5.92 Å². The smallest absolute Gasteiger partial charge is 0.267 e. The molecule has 2 N–H and O–H groups in total. The molecule has 0 spiro atoms. The summed E-state index contributed by atoms with van der Waals surface area (Å²) < 4.78 is 0. The number of aromatic nitrogens is 1. The van der Waals surface area contributed by atoms with Crippen molar-refractivity contribution in [1.29, 1.82) is 0 Å². The number of carbonyl (C=O) groups is 2. The van der Waals surface area contributed by atoms with E-state index < -0.39 is 0 Å². The van der Waals surface area contributed by atoms with Gasteiger partial charge in [0.2, 0.25) is 0 Å². The average molecular weight is 248 g/mol. The van der Waals surface area contributed by atoms with Crippen LogP contribution in [-0.4, -0.2) is 22.7 Å². The molecule has 1 aromatic heterocycles. The maximum Gasteiger partial charge on any atom is 0.267 e. The largest absolute Gasteiger partial charge is 0.356 e. The lowest BCUT2D eigenvalue weighted by Crippen LogP contribution is -2.37. The van der Waals surface area contributed by atoms with Gasteiger partial charge < -0.3 is 10.3 Å². The molecule has 0 aromatic carbocycles. The van der Waals surface area contributed by atoms with Gasteiger partial charge in [-0.1, -0.05) is 6.92 Å². The summed E-state index contributed by atoms with van der Waals surface area (Å²) in [4.78, 5) is 26.0. The van der Waals surface area contributed by atoms with Gasteiger partial charge in [-0.2, -0.15) is 0 Å². The molecule has 2 rings (SSSR count). The SMILES string of the molecule is CC(=O)c1c[nH]c(C(=O)NC2CCC(C)CC2)c1. The van der Waals surface area contributed by atoms with Gasteiger partial charge in [0.05, 0.1) is 0 Å². The highest BCUT2D eigenvalue weighted by Gasteiger charge is 2.21. The number of ketones is 1. The summed E-state index contributed by atoms with van der Waals surface area (Å²) >= 11 is 0. The van der Waals surface area contributed by atoms with Gasteiger partial charge >= 0.3 is 0 Å².